The van der Waals surface area contributed by atoms with Crippen molar-refractivity contribution in [3.63, 3.8) is 0 Å². The Morgan fingerprint density at radius 1 is 1.05 bits per heavy atom. The molecule has 2 aromatic carbocycles. The standard InChI is InChI=1S/C27H21F3N6O3S2/c1-16-12-17(2)33-26(32-16)36-41(38,39)20-10-8-19(9-11-20)34-24(37)15-40-25-21(14-31)22(27(28,29)30)13-23(35-25)18-6-4-3-5-7-18/h3-13H,15H2,1-2H3,(H2,32,33,34,36,37). The number of carbonyl (C=O) groups excluding carboxylic acids is 1. The van der Waals surface area contributed by atoms with E-state index in [4.69, 9.17) is 0 Å². The van der Waals surface area contributed by atoms with Crippen molar-refractivity contribution in [3.8, 4) is 17.3 Å². The third kappa shape index (κ3) is 7.38. The van der Waals surface area contributed by atoms with E-state index in [1.807, 2.05) is 0 Å². The average molecular weight is 599 g/mol. The van der Waals surface area contributed by atoms with Crippen molar-refractivity contribution in [2.45, 2.75) is 29.9 Å². The summed E-state index contributed by atoms with van der Waals surface area (Å²) in [5, 5.41) is 11.9. The van der Waals surface area contributed by atoms with Crippen LogP contribution >= 0.6 is 11.8 Å². The van der Waals surface area contributed by atoms with Crippen LogP contribution in [-0.2, 0) is 21.0 Å². The average Bonchev–Trinajstić information content (AvgIpc) is 2.91. The van der Waals surface area contributed by atoms with E-state index in [0.29, 0.717) is 17.0 Å². The number of nitrogens with zero attached hydrogens (tertiary/aromatic N) is 4. The summed E-state index contributed by atoms with van der Waals surface area (Å²) >= 11 is 0.734. The molecule has 0 aliphatic heterocycles. The lowest BCUT2D eigenvalue weighted by molar-refractivity contribution is -0.414. The number of aromatic nitrogens is 3. The second-order valence-electron chi connectivity index (χ2n) is 8.65. The van der Waals surface area contributed by atoms with Gasteiger partial charge in [-0.2, -0.15) is 23.4 Å². The smallest absolute Gasteiger partial charge is 0.363 e. The highest BCUT2D eigenvalue weighted by Gasteiger charge is 2.38. The predicted octanol–water partition coefficient (Wildman–Crippen LogP) is 5.59. The molecule has 2 N–H and O–H groups in total. The van der Waals surface area contributed by atoms with Crippen LogP contribution in [0.15, 0.2) is 76.7 Å². The molecule has 0 saturated carbocycles. The van der Waals surface area contributed by atoms with Crippen LogP contribution in [0.4, 0.5) is 24.8 Å². The van der Waals surface area contributed by atoms with Gasteiger partial charge in [-0.25, -0.2) is 8.42 Å². The Morgan fingerprint density at radius 2 is 1.68 bits per heavy atom. The molecule has 1 amide bonds. The molecule has 4 aromatic rings. The summed E-state index contributed by atoms with van der Waals surface area (Å²) in [5.74, 6) is -1.12. The fraction of sp³-hybridized carbons (Fsp3) is 0.148. The Morgan fingerprint density at radius 3 is 2.27 bits per heavy atom. The highest BCUT2D eigenvalue weighted by atomic mass is 32.2. The molecule has 0 unspecified atom stereocenters. The van der Waals surface area contributed by atoms with Gasteiger partial charge in [-0.1, -0.05) is 24.3 Å². The van der Waals surface area contributed by atoms with Gasteiger partial charge in [-0.3, -0.25) is 9.52 Å². The van der Waals surface area contributed by atoms with Crippen LogP contribution in [0.3, 0.4) is 0 Å². The zero-order valence-electron chi connectivity index (χ0n) is 21.5. The van der Waals surface area contributed by atoms with Gasteiger partial charge < -0.3 is 15.3 Å². The summed E-state index contributed by atoms with van der Waals surface area (Å²) in [7, 11) is -4.13. The molecule has 0 aliphatic rings. The Bertz CT molecular complexity index is 1720. The van der Waals surface area contributed by atoms with Crippen molar-refractivity contribution in [2.24, 2.45) is 0 Å². The minimum absolute atomic E-state index is 0.118. The van der Waals surface area contributed by atoms with E-state index in [1.165, 1.54) is 24.3 Å². The number of anilines is 1. The van der Waals surface area contributed by atoms with Gasteiger partial charge in [0.25, 0.3) is 5.03 Å². The Kier molecular flexibility index (Phi) is 8.60. The van der Waals surface area contributed by atoms with E-state index in [-0.39, 0.29) is 33.0 Å². The first-order valence-electron chi connectivity index (χ1n) is 11.8. The first-order chi connectivity index (χ1) is 19.4. The van der Waals surface area contributed by atoms with Gasteiger partial charge in [-0.15, -0.1) is 0 Å². The quantitative estimate of drug-likeness (QED) is 0.261. The van der Waals surface area contributed by atoms with Gasteiger partial charge in [0.15, 0.2) is 0 Å². The van der Waals surface area contributed by atoms with Gasteiger partial charge in [0.05, 0.1) is 16.2 Å². The Balaban J connectivity index is 1.48. The van der Waals surface area contributed by atoms with Gasteiger partial charge in [0.2, 0.25) is 21.6 Å². The van der Waals surface area contributed by atoms with E-state index in [9.17, 15) is 31.6 Å². The normalized spacial score (nSPS) is 11.5. The first kappa shape index (κ1) is 29.5. The van der Waals surface area contributed by atoms with E-state index in [1.54, 1.807) is 56.3 Å². The van der Waals surface area contributed by atoms with Crippen molar-refractivity contribution in [2.75, 3.05) is 11.1 Å². The topological polar surface area (TPSA) is 141 Å². The van der Waals surface area contributed by atoms with Gasteiger partial charge in [0, 0.05) is 23.3 Å². The number of aromatic amines is 1. The summed E-state index contributed by atoms with van der Waals surface area (Å²) < 4.78 is 70.3. The lowest BCUT2D eigenvalue weighted by Gasteiger charge is -2.15. The molecule has 210 valence electrons. The third-order valence-electron chi connectivity index (χ3n) is 5.49. The van der Waals surface area contributed by atoms with Crippen LogP contribution in [0.5, 0.6) is 0 Å². The van der Waals surface area contributed by atoms with Crippen molar-refractivity contribution in [1.82, 2.24) is 9.97 Å². The maximum absolute atomic E-state index is 13.8. The van der Waals surface area contributed by atoms with Crippen LogP contribution in [0.25, 0.3) is 16.0 Å². The lowest BCUT2D eigenvalue weighted by Crippen LogP contribution is -2.21. The lowest BCUT2D eigenvalue weighted by atomic mass is 10.1. The fourth-order valence-corrected chi connectivity index (χ4v) is 5.44. The van der Waals surface area contributed by atoms with Crippen LogP contribution in [0.1, 0.15) is 22.5 Å². The molecule has 41 heavy (non-hydrogen) atoms. The Hall–Kier alpha value is -4.48. The van der Waals surface area contributed by atoms with Crippen LogP contribution < -0.4 is 10.3 Å². The molecule has 0 radical (unpaired) electrons. The number of hydrogen-bond acceptors (Lipinski definition) is 7. The molecule has 2 aromatic heterocycles. The number of amides is 1. The van der Waals surface area contributed by atoms with E-state index in [2.05, 4.69) is 25.0 Å². The van der Waals surface area contributed by atoms with Crippen molar-refractivity contribution in [1.29, 1.82) is 5.26 Å². The van der Waals surface area contributed by atoms with Gasteiger partial charge >= 0.3 is 6.18 Å². The monoisotopic (exact) mass is 598 g/mol. The molecule has 0 saturated heterocycles. The number of nitriles is 1. The number of benzene rings is 2. The second-order valence-corrected chi connectivity index (χ2v) is 11.2. The molecule has 9 nitrogen and oxygen atoms in total. The number of hydrogen-bond donors (Lipinski definition) is 1. The second kappa shape index (κ2) is 11.9. The molecule has 0 bridgehead atoms. The number of sulfonamides is 1. The number of aryl methyl sites for hydroxylation is 2. The predicted molar refractivity (Wildman–Crippen MR) is 146 cm³/mol. The molecule has 0 aliphatic carbocycles. The minimum atomic E-state index is -4.79. The highest BCUT2D eigenvalue weighted by Crippen LogP contribution is 2.36. The number of halogens is 3. The Labute approximate surface area is 237 Å². The van der Waals surface area contributed by atoms with Crippen molar-refractivity contribution >= 4 is 39.3 Å². The number of carbonyl (C=O) groups is 1. The maximum Gasteiger partial charge on any atom is 0.418 e. The van der Waals surface area contributed by atoms with Gasteiger partial charge in [-0.05, 0) is 73.4 Å². The maximum atomic E-state index is 13.8. The van der Waals surface area contributed by atoms with E-state index in [0.717, 1.165) is 17.8 Å². The van der Waals surface area contributed by atoms with E-state index < -0.39 is 33.2 Å². The van der Waals surface area contributed by atoms with Crippen molar-refractivity contribution in [3.05, 3.63) is 94.0 Å². The third-order valence-corrected chi connectivity index (χ3v) is 7.76. The number of rotatable bonds is 8. The number of thioether (sulfide) groups is 1. The van der Waals surface area contributed by atoms with Crippen LogP contribution in [0.2, 0.25) is 0 Å². The number of pyridine rings is 1. The largest absolute Gasteiger partial charge is 0.418 e. The highest BCUT2D eigenvalue weighted by molar-refractivity contribution is 7.99. The fourth-order valence-electron chi connectivity index (χ4n) is 3.73. The SMILES string of the molecule is Cc1cc(C)nc([N-]S(=O)(=O)c2ccc(NC(=O)CSc3[nH+]c(-c4ccccc4)cc(C(F)(F)F)c3C#N)cc2)n1. The van der Waals surface area contributed by atoms with Crippen LogP contribution in [-0.4, -0.2) is 30.0 Å². The van der Waals surface area contributed by atoms with Gasteiger partial charge in [0.1, 0.15) is 11.6 Å². The number of alkyl halides is 3. The summed E-state index contributed by atoms with van der Waals surface area (Å²) in [6.45, 7) is 3.37. The van der Waals surface area contributed by atoms with Crippen LogP contribution in [0, 0.1) is 25.2 Å². The summed E-state index contributed by atoms with van der Waals surface area (Å²) in [6, 6.07) is 17.6. The molecule has 2 heterocycles. The molecule has 0 atom stereocenters. The summed E-state index contributed by atoms with van der Waals surface area (Å²) in [4.78, 5) is 23.3. The zero-order valence-corrected chi connectivity index (χ0v) is 23.2. The molecule has 0 fully saturated rings. The molecule has 0 spiro atoms. The summed E-state index contributed by atoms with van der Waals surface area (Å²) in [6.07, 6.45) is -4.79. The number of H-pyrrole nitrogens is 1. The molecule has 14 heteroatoms. The number of nitrogens with one attached hydrogen (secondary N) is 2. The molecule has 4 rings (SSSR count). The van der Waals surface area contributed by atoms with E-state index >= 15 is 0 Å². The molecular weight excluding hydrogens is 577 g/mol. The van der Waals surface area contributed by atoms with Crippen molar-refractivity contribution < 1.29 is 31.4 Å². The minimum Gasteiger partial charge on any atom is -0.363 e. The zero-order chi connectivity index (χ0) is 29.8. The first-order valence-corrected chi connectivity index (χ1v) is 14.2. The molecular formula is C27H21F3N6O3S2. The summed E-state index contributed by atoms with van der Waals surface area (Å²) in [5.41, 5.74) is 0.227.